The molecule has 0 aliphatic carbocycles. The van der Waals surface area contributed by atoms with E-state index < -0.39 is 0 Å². The Bertz CT molecular complexity index is 527. The Morgan fingerprint density at radius 2 is 2.00 bits per heavy atom. The smallest absolute Gasteiger partial charge is 0.0701 e. The molecule has 0 aliphatic rings. The molecule has 2 aromatic rings. The average Bonchev–Trinajstić information content (AvgIpc) is 2.74. The minimum absolute atomic E-state index is 0.0665. The summed E-state index contributed by atoms with van der Waals surface area (Å²) in [6.07, 6.45) is 0. The van der Waals surface area contributed by atoms with Gasteiger partial charge in [0.1, 0.15) is 0 Å². The fraction of sp³-hybridized carbons (Fsp3) is 0.231. The molecule has 0 saturated carbocycles. The first-order valence-electron chi connectivity index (χ1n) is 5.50. The third-order valence-corrected chi connectivity index (χ3v) is 6.29. The molecule has 1 nitrogen and oxygen atoms in total. The quantitative estimate of drug-likeness (QED) is 0.742. The normalized spacial score (nSPS) is 14.4. The van der Waals surface area contributed by atoms with Gasteiger partial charge in [0.05, 0.1) is 14.1 Å². The summed E-state index contributed by atoms with van der Waals surface area (Å²) in [6, 6.07) is 12.1. The summed E-state index contributed by atoms with van der Waals surface area (Å²) >= 11 is 13.1. The van der Waals surface area contributed by atoms with E-state index in [0.717, 1.165) is 13.7 Å². The predicted octanol–water partition coefficient (Wildman–Crippen LogP) is 5.34. The van der Waals surface area contributed by atoms with Crippen LogP contribution in [0.1, 0.15) is 17.1 Å². The maximum absolute atomic E-state index is 6.20. The maximum Gasteiger partial charge on any atom is 0.0701 e. The lowest BCUT2D eigenvalue weighted by Crippen LogP contribution is -2.21. The maximum atomic E-state index is 6.20. The molecule has 0 saturated heterocycles. The van der Waals surface area contributed by atoms with Crippen LogP contribution in [0, 0.1) is 0 Å². The summed E-state index contributed by atoms with van der Waals surface area (Å²) in [5, 5.41) is 1.00. The Morgan fingerprint density at radius 3 is 2.56 bits per heavy atom. The summed E-state index contributed by atoms with van der Waals surface area (Å²) in [5.74, 6) is 0. The first-order valence-corrected chi connectivity index (χ1v) is 8.36. The van der Waals surface area contributed by atoms with Crippen LogP contribution >= 0.6 is 50.6 Å². The standard InChI is InChI=1S/C13H13BrClNS2/c1-8(16)13(11-6-7-12(14)17-11)18-10-5-3-2-4-9(10)15/h2-8,13H,16H2,1H3. The van der Waals surface area contributed by atoms with Crippen LogP contribution in [-0.2, 0) is 0 Å². The van der Waals surface area contributed by atoms with Gasteiger partial charge in [-0.25, -0.2) is 0 Å². The molecule has 2 atom stereocenters. The van der Waals surface area contributed by atoms with Gasteiger partial charge in [-0.2, -0.15) is 0 Å². The zero-order valence-corrected chi connectivity index (χ0v) is 13.7. The summed E-state index contributed by atoms with van der Waals surface area (Å²) in [7, 11) is 0. The van der Waals surface area contributed by atoms with Crippen molar-refractivity contribution in [1.82, 2.24) is 0 Å². The van der Waals surface area contributed by atoms with Crippen molar-refractivity contribution in [2.75, 3.05) is 0 Å². The lowest BCUT2D eigenvalue weighted by molar-refractivity contribution is 0.730. The van der Waals surface area contributed by atoms with Gasteiger partial charge in [0.2, 0.25) is 0 Å². The van der Waals surface area contributed by atoms with Gasteiger partial charge in [-0.05, 0) is 47.1 Å². The molecular formula is C13H13BrClNS2. The van der Waals surface area contributed by atoms with E-state index in [1.54, 1.807) is 23.1 Å². The molecule has 1 aromatic carbocycles. The first-order chi connectivity index (χ1) is 8.58. The molecule has 0 amide bonds. The molecule has 2 unspecified atom stereocenters. The highest BCUT2D eigenvalue weighted by Gasteiger charge is 2.20. The zero-order chi connectivity index (χ0) is 13.1. The first kappa shape index (κ1) is 14.4. The second-order valence-corrected chi connectivity index (χ2v) is 8.06. The Kier molecular flexibility index (Phi) is 5.15. The van der Waals surface area contributed by atoms with Crippen LogP contribution in [0.2, 0.25) is 5.02 Å². The predicted molar refractivity (Wildman–Crippen MR) is 85.7 cm³/mol. The summed E-state index contributed by atoms with van der Waals surface area (Å²) in [4.78, 5) is 2.34. The van der Waals surface area contributed by atoms with Crippen LogP contribution in [-0.4, -0.2) is 6.04 Å². The van der Waals surface area contributed by atoms with Crippen LogP contribution in [0.15, 0.2) is 45.1 Å². The van der Waals surface area contributed by atoms with Gasteiger partial charge in [0.25, 0.3) is 0 Å². The number of nitrogens with two attached hydrogens (primary N) is 1. The van der Waals surface area contributed by atoms with E-state index in [-0.39, 0.29) is 11.3 Å². The number of halogens is 2. The van der Waals surface area contributed by atoms with Crippen LogP contribution < -0.4 is 5.73 Å². The van der Waals surface area contributed by atoms with Gasteiger partial charge in [0.15, 0.2) is 0 Å². The second kappa shape index (κ2) is 6.44. The molecule has 2 N–H and O–H groups in total. The Hall–Kier alpha value is -0.0000000000000000833. The molecule has 0 fully saturated rings. The van der Waals surface area contributed by atoms with Crippen molar-refractivity contribution in [3.63, 3.8) is 0 Å². The number of hydrogen-bond donors (Lipinski definition) is 1. The molecule has 1 aromatic heterocycles. The fourth-order valence-corrected chi connectivity index (χ4v) is 4.68. The molecule has 5 heteroatoms. The number of rotatable bonds is 4. The topological polar surface area (TPSA) is 26.0 Å². The number of thiophene rings is 1. The van der Waals surface area contributed by atoms with Gasteiger partial charge < -0.3 is 5.73 Å². The summed E-state index contributed by atoms with van der Waals surface area (Å²) in [5.41, 5.74) is 6.10. The number of hydrogen-bond acceptors (Lipinski definition) is 3. The van der Waals surface area contributed by atoms with Gasteiger partial charge in [0, 0.05) is 15.8 Å². The molecule has 1 heterocycles. The molecule has 2 rings (SSSR count). The van der Waals surface area contributed by atoms with Crippen molar-refractivity contribution in [3.05, 3.63) is 50.1 Å². The zero-order valence-electron chi connectivity index (χ0n) is 9.77. The highest BCUT2D eigenvalue weighted by molar-refractivity contribution is 9.11. The van der Waals surface area contributed by atoms with Crippen molar-refractivity contribution in [1.29, 1.82) is 0 Å². The molecular weight excluding hydrogens is 350 g/mol. The lowest BCUT2D eigenvalue weighted by Gasteiger charge is -2.19. The third-order valence-electron chi connectivity index (χ3n) is 2.44. The van der Waals surface area contributed by atoms with Crippen LogP contribution in [0.5, 0.6) is 0 Å². The van der Waals surface area contributed by atoms with Crippen molar-refractivity contribution in [2.45, 2.75) is 23.1 Å². The summed E-state index contributed by atoms with van der Waals surface area (Å²) in [6.45, 7) is 2.03. The van der Waals surface area contributed by atoms with Gasteiger partial charge in [-0.1, -0.05) is 23.7 Å². The van der Waals surface area contributed by atoms with Crippen molar-refractivity contribution >= 4 is 50.6 Å². The number of thioether (sulfide) groups is 1. The van der Waals surface area contributed by atoms with E-state index in [4.69, 9.17) is 17.3 Å². The molecule has 0 spiro atoms. The molecule has 0 radical (unpaired) electrons. The molecule has 18 heavy (non-hydrogen) atoms. The average molecular weight is 363 g/mol. The van der Waals surface area contributed by atoms with Gasteiger partial charge in [-0.15, -0.1) is 23.1 Å². The molecule has 0 aliphatic heterocycles. The van der Waals surface area contributed by atoms with Crippen molar-refractivity contribution < 1.29 is 0 Å². The van der Waals surface area contributed by atoms with Crippen LogP contribution in [0.4, 0.5) is 0 Å². The molecule has 96 valence electrons. The Morgan fingerprint density at radius 1 is 1.28 bits per heavy atom. The lowest BCUT2D eigenvalue weighted by atomic mass is 10.2. The van der Waals surface area contributed by atoms with Gasteiger partial charge >= 0.3 is 0 Å². The van der Waals surface area contributed by atoms with E-state index >= 15 is 0 Å². The van der Waals surface area contributed by atoms with Crippen LogP contribution in [0.25, 0.3) is 0 Å². The van der Waals surface area contributed by atoms with Crippen molar-refractivity contribution in [3.8, 4) is 0 Å². The monoisotopic (exact) mass is 361 g/mol. The minimum Gasteiger partial charge on any atom is -0.327 e. The van der Waals surface area contributed by atoms with E-state index in [0.29, 0.717) is 0 Å². The SMILES string of the molecule is CC(N)C(Sc1ccccc1Cl)c1ccc(Br)s1. The fourth-order valence-electron chi connectivity index (χ4n) is 1.58. The largest absolute Gasteiger partial charge is 0.327 e. The Labute approximate surface area is 129 Å². The van der Waals surface area contributed by atoms with Gasteiger partial charge in [-0.3, -0.25) is 0 Å². The highest BCUT2D eigenvalue weighted by atomic mass is 79.9. The van der Waals surface area contributed by atoms with Crippen LogP contribution in [0.3, 0.4) is 0 Å². The highest BCUT2D eigenvalue weighted by Crippen LogP contribution is 2.43. The minimum atomic E-state index is 0.0665. The van der Waals surface area contributed by atoms with E-state index in [2.05, 4.69) is 28.1 Å². The van der Waals surface area contributed by atoms with E-state index in [1.165, 1.54) is 4.88 Å². The molecule has 0 bridgehead atoms. The van der Waals surface area contributed by atoms with E-state index in [1.807, 2.05) is 31.2 Å². The van der Waals surface area contributed by atoms with Crippen molar-refractivity contribution in [2.24, 2.45) is 5.73 Å². The Balaban J connectivity index is 2.25. The number of benzene rings is 1. The van der Waals surface area contributed by atoms with E-state index in [9.17, 15) is 0 Å². The summed E-state index contributed by atoms with van der Waals surface area (Å²) < 4.78 is 1.13. The third kappa shape index (κ3) is 3.52. The second-order valence-electron chi connectivity index (χ2n) is 3.97.